The van der Waals surface area contributed by atoms with Crippen molar-refractivity contribution in [1.82, 2.24) is 0 Å². The summed E-state index contributed by atoms with van der Waals surface area (Å²) in [5, 5.41) is 8.94. The summed E-state index contributed by atoms with van der Waals surface area (Å²) in [6.07, 6.45) is 18.7. The van der Waals surface area contributed by atoms with Gasteiger partial charge < -0.3 is 5.11 Å². The molecule has 0 amide bonds. The van der Waals surface area contributed by atoms with Gasteiger partial charge in [0, 0.05) is 0 Å². The van der Waals surface area contributed by atoms with Crippen LogP contribution in [0.4, 0.5) is 0 Å². The molecule has 0 saturated heterocycles. The van der Waals surface area contributed by atoms with Crippen molar-refractivity contribution in [2.45, 2.75) is 141 Å². The van der Waals surface area contributed by atoms with Crippen molar-refractivity contribution in [3.63, 3.8) is 0 Å². The summed E-state index contributed by atoms with van der Waals surface area (Å²) in [4.78, 5) is 0. The smallest absolute Gasteiger partial charge is 0.267 e. The Kier molecular flexibility index (Phi) is 17.8. The van der Waals surface area contributed by atoms with Gasteiger partial charge in [-0.25, -0.2) is 0 Å². The Balaban J connectivity index is 3.71. The SMILES string of the molecule is CCCCCCCCCCC(CCCCCCCCC(O)CC)S(=O)(=O)O. The Hall–Kier alpha value is -0.130. The monoisotopic (exact) mass is 406 g/mol. The Labute approximate surface area is 169 Å². The van der Waals surface area contributed by atoms with Gasteiger partial charge in [-0.3, -0.25) is 4.55 Å². The summed E-state index contributed by atoms with van der Waals surface area (Å²) < 4.78 is 32.7. The standard InChI is InChI=1S/C22H46O4S/c1-3-5-6-7-8-9-13-16-19-22(27(24,25)26)20-17-14-11-10-12-15-18-21(23)4-2/h21-23H,3-20H2,1-2H3,(H,24,25,26). The molecule has 164 valence electrons. The molecular formula is C22H46O4S. The summed E-state index contributed by atoms with van der Waals surface area (Å²) in [6, 6.07) is 0. The molecule has 27 heavy (non-hydrogen) atoms. The summed E-state index contributed by atoms with van der Waals surface area (Å²) in [6.45, 7) is 4.22. The van der Waals surface area contributed by atoms with Crippen LogP contribution in [0.5, 0.6) is 0 Å². The van der Waals surface area contributed by atoms with Gasteiger partial charge in [0.2, 0.25) is 0 Å². The highest BCUT2D eigenvalue weighted by molar-refractivity contribution is 7.86. The molecule has 0 aliphatic carbocycles. The van der Waals surface area contributed by atoms with E-state index in [0.29, 0.717) is 12.8 Å². The fourth-order valence-electron chi connectivity index (χ4n) is 3.61. The van der Waals surface area contributed by atoms with E-state index in [9.17, 15) is 18.1 Å². The molecule has 0 bridgehead atoms. The first-order valence-electron chi connectivity index (χ1n) is 11.6. The van der Waals surface area contributed by atoms with E-state index < -0.39 is 15.4 Å². The number of hydrogen-bond acceptors (Lipinski definition) is 3. The van der Waals surface area contributed by atoms with Gasteiger partial charge in [-0.1, -0.05) is 104 Å². The fraction of sp³-hybridized carbons (Fsp3) is 1.00. The largest absolute Gasteiger partial charge is 0.393 e. The van der Waals surface area contributed by atoms with Crippen LogP contribution >= 0.6 is 0 Å². The third kappa shape index (κ3) is 17.7. The van der Waals surface area contributed by atoms with Crippen molar-refractivity contribution >= 4 is 10.1 Å². The maximum Gasteiger partial charge on any atom is 0.267 e. The molecular weight excluding hydrogens is 360 g/mol. The van der Waals surface area contributed by atoms with Crippen LogP contribution in [0.3, 0.4) is 0 Å². The zero-order valence-electron chi connectivity index (χ0n) is 18.0. The second-order valence-electron chi connectivity index (χ2n) is 8.16. The van der Waals surface area contributed by atoms with Gasteiger partial charge in [0.25, 0.3) is 10.1 Å². The first-order chi connectivity index (χ1) is 12.9. The van der Waals surface area contributed by atoms with Gasteiger partial charge in [-0.2, -0.15) is 8.42 Å². The van der Waals surface area contributed by atoms with Crippen molar-refractivity contribution in [1.29, 1.82) is 0 Å². The van der Waals surface area contributed by atoms with E-state index in [1.165, 1.54) is 38.5 Å². The molecule has 4 nitrogen and oxygen atoms in total. The lowest BCUT2D eigenvalue weighted by atomic mass is 10.0. The van der Waals surface area contributed by atoms with Crippen LogP contribution in [0.2, 0.25) is 0 Å². The van der Waals surface area contributed by atoms with Crippen molar-refractivity contribution < 1.29 is 18.1 Å². The molecule has 2 N–H and O–H groups in total. The quantitative estimate of drug-likeness (QED) is 0.175. The first-order valence-corrected chi connectivity index (χ1v) is 13.1. The molecule has 0 aliphatic rings. The Morgan fingerprint density at radius 2 is 1.00 bits per heavy atom. The molecule has 0 saturated carbocycles. The van der Waals surface area contributed by atoms with Gasteiger partial charge in [-0.05, 0) is 25.7 Å². The molecule has 0 aromatic heterocycles. The molecule has 0 heterocycles. The first kappa shape index (κ1) is 26.9. The topological polar surface area (TPSA) is 74.6 Å². The van der Waals surface area contributed by atoms with Gasteiger partial charge >= 0.3 is 0 Å². The molecule has 2 atom stereocenters. The highest BCUT2D eigenvalue weighted by Gasteiger charge is 2.21. The minimum atomic E-state index is -3.91. The molecule has 5 heteroatoms. The van der Waals surface area contributed by atoms with E-state index in [-0.39, 0.29) is 6.10 Å². The molecule has 0 radical (unpaired) electrons. The van der Waals surface area contributed by atoms with E-state index in [4.69, 9.17) is 0 Å². The van der Waals surface area contributed by atoms with Gasteiger partial charge in [-0.15, -0.1) is 0 Å². The minimum Gasteiger partial charge on any atom is -0.393 e. The van der Waals surface area contributed by atoms with E-state index in [1.807, 2.05) is 6.92 Å². The average Bonchev–Trinajstić information content (AvgIpc) is 2.62. The second-order valence-corrected chi connectivity index (χ2v) is 9.86. The number of aliphatic hydroxyl groups is 1. The zero-order chi connectivity index (χ0) is 20.4. The van der Waals surface area contributed by atoms with Crippen LogP contribution in [-0.4, -0.2) is 29.4 Å². The Bertz CT molecular complexity index is 409. The minimum absolute atomic E-state index is 0.156. The van der Waals surface area contributed by atoms with E-state index in [0.717, 1.165) is 64.2 Å². The predicted octanol–water partition coefficient (Wildman–Crippen LogP) is 6.67. The molecule has 2 unspecified atom stereocenters. The molecule has 0 aromatic carbocycles. The highest BCUT2D eigenvalue weighted by Crippen LogP contribution is 2.19. The third-order valence-electron chi connectivity index (χ3n) is 5.59. The van der Waals surface area contributed by atoms with Crippen LogP contribution in [0.1, 0.15) is 129 Å². The molecule has 0 rings (SSSR count). The van der Waals surface area contributed by atoms with E-state index in [1.54, 1.807) is 0 Å². The molecule has 0 fully saturated rings. The van der Waals surface area contributed by atoms with Gasteiger partial charge in [0.15, 0.2) is 0 Å². The number of aliphatic hydroxyl groups excluding tert-OH is 1. The normalized spacial score (nSPS) is 14.4. The Morgan fingerprint density at radius 1 is 0.630 bits per heavy atom. The second kappa shape index (κ2) is 17.9. The number of unbranched alkanes of at least 4 members (excludes halogenated alkanes) is 12. The lowest BCUT2D eigenvalue weighted by molar-refractivity contribution is 0.156. The van der Waals surface area contributed by atoms with Crippen LogP contribution in [0.25, 0.3) is 0 Å². The van der Waals surface area contributed by atoms with Crippen LogP contribution in [0.15, 0.2) is 0 Å². The lowest BCUT2D eigenvalue weighted by Crippen LogP contribution is -2.20. The third-order valence-corrected chi connectivity index (χ3v) is 6.90. The fourth-order valence-corrected chi connectivity index (χ4v) is 4.54. The molecule has 0 aromatic rings. The molecule has 0 spiro atoms. The summed E-state index contributed by atoms with van der Waals surface area (Å²) in [5.41, 5.74) is 0. The number of hydrogen-bond donors (Lipinski definition) is 2. The lowest BCUT2D eigenvalue weighted by Gasteiger charge is -2.14. The van der Waals surface area contributed by atoms with Crippen LogP contribution in [0, 0.1) is 0 Å². The van der Waals surface area contributed by atoms with Crippen molar-refractivity contribution in [2.24, 2.45) is 0 Å². The maximum absolute atomic E-state index is 11.6. The van der Waals surface area contributed by atoms with Crippen LogP contribution in [-0.2, 0) is 10.1 Å². The van der Waals surface area contributed by atoms with Crippen molar-refractivity contribution in [3.8, 4) is 0 Å². The van der Waals surface area contributed by atoms with E-state index >= 15 is 0 Å². The summed E-state index contributed by atoms with van der Waals surface area (Å²) >= 11 is 0. The highest BCUT2D eigenvalue weighted by atomic mass is 32.2. The van der Waals surface area contributed by atoms with Gasteiger partial charge in [0.1, 0.15) is 0 Å². The van der Waals surface area contributed by atoms with Crippen molar-refractivity contribution in [3.05, 3.63) is 0 Å². The Morgan fingerprint density at radius 3 is 1.37 bits per heavy atom. The summed E-state index contributed by atoms with van der Waals surface area (Å²) in [7, 11) is -3.91. The summed E-state index contributed by atoms with van der Waals surface area (Å²) in [5.74, 6) is 0. The molecule has 0 aliphatic heterocycles. The van der Waals surface area contributed by atoms with Gasteiger partial charge in [0.05, 0.1) is 11.4 Å². The maximum atomic E-state index is 11.6. The average molecular weight is 407 g/mol. The van der Waals surface area contributed by atoms with Crippen molar-refractivity contribution in [2.75, 3.05) is 0 Å². The van der Waals surface area contributed by atoms with Crippen LogP contribution < -0.4 is 0 Å². The van der Waals surface area contributed by atoms with E-state index in [2.05, 4.69) is 6.92 Å². The predicted molar refractivity (Wildman–Crippen MR) is 116 cm³/mol. The number of rotatable bonds is 20. The zero-order valence-corrected chi connectivity index (χ0v) is 18.8.